The van der Waals surface area contributed by atoms with Gasteiger partial charge in [-0.2, -0.15) is 0 Å². The van der Waals surface area contributed by atoms with Crippen LogP contribution in [0.4, 0.5) is 11.4 Å². The Morgan fingerprint density at radius 3 is 2.62 bits per heavy atom. The lowest BCUT2D eigenvalue weighted by Crippen LogP contribution is -2.25. The number of benzene rings is 1. The quantitative estimate of drug-likeness (QED) is 0.845. The number of rotatable bonds is 4. The van der Waals surface area contributed by atoms with Crippen molar-refractivity contribution >= 4 is 39.1 Å². The molecule has 1 N–H and O–H groups in total. The van der Waals surface area contributed by atoms with Gasteiger partial charge in [0.15, 0.2) is 0 Å². The predicted octanol–water partition coefficient (Wildman–Crippen LogP) is 2.60. The van der Waals surface area contributed by atoms with E-state index in [1.165, 1.54) is 16.1 Å². The van der Waals surface area contributed by atoms with Crippen LogP contribution in [0.1, 0.15) is 16.8 Å². The molecule has 8 heteroatoms. The highest BCUT2D eigenvalue weighted by atomic mass is 32.2. The number of anilines is 2. The summed E-state index contributed by atoms with van der Waals surface area (Å²) < 4.78 is 25.3. The van der Waals surface area contributed by atoms with Crippen molar-refractivity contribution in [3.8, 4) is 0 Å². The molecular weight excluding hydrogens is 346 g/mol. The zero-order valence-electron chi connectivity index (χ0n) is 13.1. The third-order valence-corrected chi connectivity index (χ3v) is 6.30. The maximum absolute atomic E-state index is 12.4. The van der Waals surface area contributed by atoms with Crippen molar-refractivity contribution in [3.63, 3.8) is 0 Å². The average Bonchev–Trinajstić information content (AvgIpc) is 2.94. The second kappa shape index (κ2) is 6.82. The first-order valence-corrected chi connectivity index (χ1v) is 10.3. The molecule has 0 aliphatic carbocycles. The van der Waals surface area contributed by atoms with Gasteiger partial charge in [-0.3, -0.25) is 9.10 Å². The Labute approximate surface area is 145 Å². The van der Waals surface area contributed by atoms with Gasteiger partial charge in [0.25, 0.3) is 5.91 Å². The van der Waals surface area contributed by atoms with Crippen molar-refractivity contribution in [1.82, 2.24) is 4.98 Å². The molecule has 1 saturated heterocycles. The van der Waals surface area contributed by atoms with Gasteiger partial charge in [-0.1, -0.05) is 0 Å². The van der Waals surface area contributed by atoms with Gasteiger partial charge in [-0.25, -0.2) is 13.4 Å². The number of hydrogen-bond acceptors (Lipinski definition) is 5. The molecule has 1 fully saturated rings. The van der Waals surface area contributed by atoms with Crippen LogP contribution in [0.5, 0.6) is 0 Å². The fraction of sp³-hybridized carbons (Fsp3) is 0.250. The Morgan fingerprint density at radius 1 is 1.25 bits per heavy atom. The first kappa shape index (κ1) is 16.8. The minimum Gasteiger partial charge on any atom is -0.322 e. The summed E-state index contributed by atoms with van der Waals surface area (Å²) in [6.07, 6.45) is 4.15. The van der Waals surface area contributed by atoms with Crippen LogP contribution < -0.4 is 9.62 Å². The Morgan fingerprint density at radius 2 is 2.00 bits per heavy atom. The molecule has 0 bridgehead atoms. The molecule has 2 aromatic rings. The van der Waals surface area contributed by atoms with Crippen molar-refractivity contribution in [1.29, 1.82) is 0 Å². The van der Waals surface area contributed by atoms with E-state index in [9.17, 15) is 13.2 Å². The third-order valence-electron chi connectivity index (χ3n) is 3.72. The average molecular weight is 363 g/mol. The number of carbonyl (C=O) groups is 1. The lowest BCUT2D eigenvalue weighted by atomic mass is 10.2. The zero-order chi connectivity index (χ0) is 17.2. The third kappa shape index (κ3) is 3.39. The molecular formula is C16H17N3O3S2. The van der Waals surface area contributed by atoms with Gasteiger partial charge < -0.3 is 5.32 Å². The highest BCUT2D eigenvalue weighted by Crippen LogP contribution is 2.26. The first-order valence-electron chi connectivity index (χ1n) is 7.42. The SMILES string of the molecule is CSc1ncccc1C(=O)Nc1ccc(N2CCCS2(=O)=O)cc1. The molecule has 0 atom stereocenters. The Bertz CT molecular complexity index is 851. The number of carbonyl (C=O) groups excluding carboxylic acids is 1. The molecule has 126 valence electrons. The van der Waals surface area contributed by atoms with Crippen molar-refractivity contribution < 1.29 is 13.2 Å². The number of aromatic nitrogens is 1. The van der Waals surface area contributed by atoms with Gasteiger partial charge in [0, 0.05) is 18.4 Å². The topological polar surface area (TPSA) is 79.4 Å². The number of amides is 1. The zero-order valence-corrected chi connectivity index (χ0v) is 14.7. The van der Waals surface area contributed by atoms with E-state index >= 15 is 0 Å². The molecule has 3 rings (SSSR count). The number of sulfonamides is 1. The lowest BCUT2D eigenvalue weighted by Gasteiger charge is -2.17. The molecule has 1 aromatic heterocycles. The minimum absolute atomic E-state index is 0.184. The van der Waals surface area contributed by atoms with E-state index in [2.05, 4.69) is 10.3 Å². The molecule has 1 aliphatic rings. The van der Waals surface area contributed by atoms with Gasteiger partial charge in [0.05, 0.1) is 17.0 Å². The van der Waals surface area contributed by atoms with Crippen LogP contribution in [0.3, 0.4) is 0 Å². The van der Waals surface area contributed by atoms with Gasteiger partial charge >= 0.3 is 0 Å². The van der Waals surface area contributed by atoms with Gasteiger partial charge in [-0.15, -0.1) is 11.8 Å². The van der Waals surface area contributed by atoms with E-state index in [1.807, 2.05) is 6.26 Å². The van der Waals surface area contributed by atoms with Crippen LogP contribution in [0.2, 0.25) is 0 Å². The number of nitrogens with zero attached hydrogens (tertiary/aromatic N) is 2. The Hall–Kier alpha value is -2.06. The summed E-state index contributed by atoms with van der Waals surface area (Å²) >= 11 is 1.41. The van der Waals surface area contributed by atoms with Crippen LogP contribution in [0.15, 0.2) is 47.6 Å². The molecule has 2 heterocycles. The summed E-state index contributed by atoms with van der Waals surface area (Å²) in [6.45, 7) is 0.501. The number of hydrogen-bond donors (Lipinski definition) is 1. The summed E-state index contributed by atoms with van der Waals surface area (Å²) in [4.78, 5) is 16.5. The van der Waals surface area contributed by atoms with Gasteiger partial charge in [0.1, 0.15) is 5.03 Å². The largest absolute Gasteiger partial charge is 0.322 e. The monoisotopic (exact) mass is 363 g/mol. The smallest absolute Gasteiger partial charge is 0.258 e. The molecule has 24 heavy (non-hydrogen) atoms. The summed E-state index contributed by atoms with van der Waals surface area (Å²) in [6, 6.07) is 10.3. The molecule has 6 nitrogen and oxygen atoms in total. The van der Waals surface area contributed by atoms with Crippen molar-refractivity contribution in [2.75, 3.05) is 28.2 Å². The van der Waals surface area contributed by atoms with Crippen molar-refractivity contribution in [3.05, 3.63) is 48.2 Å². The summed E-state index contributed by atoms with van der Waals surface area (Å²) in [5, 5.41) is 3.47. The minimum atomic E-state index is -3.19. The van der Waals surface area contributed by atoms with Gasteiger partial charge in [0.2, 0.25) is 10.0 Å². The predicted molar refractivity (Wildman–Crippen MR) is 96.2 cm³/mol. The van der Waals surface area contributed by atoms with E-state index < -0.39 is 10.0 Å². The first-order chi connectivity index (χ1) is 11.5. The summed E-state index contributed by atoms with van der Waals surface area (Å²) in [5.74, 6) is -0.0572. The highest BCUT2D eigenvalue weighted by molar-refractivity contribution is 7.98. The molecule has 1 aromatic carbocycles. The molecule has 0 saturated carbocycles. The molecule has 0 spiro atoms. The molecule has 1 amide bonds. The van der Waals surface area contributed by atoms with E-state index in [1.54, 1.807) is 42.6 Å². The molecule has 0 unspecified atom stereocenters. The van der Waals surface area contributed by atoms with Gasteiger partial charge in [-0.05, 0) is 49.1 Å². The second-order valence-electron chi connectivity index (χ2n) is 5.30. The van der Waals surface area contributed by atoms with Crippen LogP contribution in [-0.2, 0) is 10.0 Å². The van der Waals surface area contributed by atoms with Crippen LogP contribution in [0, 0.1) is 0 Å². The number of pyridine rings is 1. The lowest BCUT2D eigenvalue weighted by molar-refractivity contribution is 0.102. The maximum atomic E-state index is 12.4. The maximum Gasteiger partial charge on any atom is 0.258 e. The van der Waals surface area contributed by atoms with E-state index in [0.717, 1.165) is 0 Å². The molecule has 1 aliphatic heterocycles. The normalized spacial score (nSPS) is 16.1. The second-order valence-corrected chi connectivity index (χ2v) is 8.11. The summed E-state index contributed by atoms with van der Waals surface area (Å²) in [5.41, 5.74) is 1.74. The van der Waals surface area contributed by atoms with E-state index in [-0.39, 0.29) is 11.7 Å². The van der Waals surface area contributed by atoms with E-state index in [4.69, 9.17) is 0 Å². The van der Waals surface area contributed by atoms with Crippen LogP contribution in [0.25, 0.3) is 0 Å². The standard InChI is InChI=1S/C16H17N3O3S2/c1-23-16-14(4-2-9-17-16)15(20)18-12-5-7-13(8-6-12)19-10-3-11-24(19,21)22/h2,4-9H,3,10-11H2,1H3,(H,18,20). The Balaban J connectivity index is 1.76. The van der Waals surface area contributed by atoms with Crippen LogP contribution >= 0.6 is 11.8 Å². The molecule has 0 radical (unpaired) electrons. The summed E-state index contributed by atoms with van der Waals surface area (Å²) in [7, 11) is -3.19. The number of thioether (sulfide) groups is 1. The van der Waals surface area contributed by atoms with Crippen molar-refractivity contribution in [2.24, 2.45) is 0 Å². The fourth-order valence-electron chi connectivity index (χ4n) is 2.57. The Kier molecular flexibility index (Phi) is 4.77. The van der Waals surface area contributed by atoms with Crippen molar-refractivity contribution in [2.45, 2.75) is 11.4 Å². The fourth-order valence-corrected chi connectivity index (χ4v) is 4.68. The van der Waals surface area contributed by atoms with E-state index in [0.29, 0.717) is 34.9 Å². The number of nitrogens with one attached hydrogen (secondary N) is 1. The van der Waals surface area contributed by atoms with Crippen LogP contribution in [-0.4, -0.2) is 37.9 Å². The highest BCUT2D eigenvalue weighted by Gasteiger charge is 2.28.